The van der Waals surface area contributed by atoms with Crippen LogP contribution in [-0.2, 0) is 6.54 Å². The molecule has 0 spiro atoms. The lowest BCUT2D eigenvalue weighted by Gasteiger charge is -2.35. The number of nitrogens with zero attached hydrogens (tertiary/aromatic N) is 2. The van der Waals surface area contributed by atoms with Crippen LogP contribution in [0.25, 0.3) is 10.8 Å². The molecule has 1 aromatic heterocycles. The molecule has 5 rings (SSSR count). The lowest BCUT2D eigenvalue weighted by atomic mass is 9.77. The Kier molecular flexibility index (Phi) is 6.93. The van der Waals surface area contributed by atoms with Crippen LogP contribution in [0.5, 0.6) is 0 Å². The first-order chi connectivity index (χ1) is 17.4. The van der Waals surface area contributed by atoms with Crippen molar-refractivity contribution in [2.24, 2.45) is 5.92 Å². The largest absolute Gasteiger partial charge is 0.345 e. The minimum Gasteiger partial charge on any atom is -0.345 e. The highest BCUT2D eigenvalue weighted by Crippen LogP contribution is 2.38. The SMILES string of the molecule is CCN1CCCC1Cn1c(C)c(C(=O)NC(c2cccc(F)c2)C2CCC2)c2cccc(F)c2c1=O. The van der Waals surface area contributed by atoms with Crippen molar-refractivity contribution in [1.82, 2.24) is 14.8 Å². The first kappa shape index (κ1) is 24.6. The topological polar surface area (TPSA) is 54.3 Å². The third kappa shape index (κ3) is 4.45. The van der Waals surface area contributed by atoms with Gasteiger partial charge in [0.25, 0.3) is 11.5 Å². The Morgan fingerprint density at radius 2 is 1.89 bits per heavy atom. The molecule has 0 bridgehead atoms. The van der Waals surface area contributed by atoms with E-state index in [1.54, 1.807) is 23.6 Å². The van der Waals surface area contributed by atoms with Crippen molar-refractivity contribution in [3.63, 3.8) is 0 Å². The molecule has 190 valence electrons. The molecule has 2 unspecified atom stereocenters. The van der Waals surface area contributed by atoms with Crippen molar-refractivity contribution in [3.8, 4) is 0 Å². The second-order valence-electron chi connectivity index (χ2n) is 10.2. The fourth-order valence-electron chi connectivity index (χ4n) is 5.96. The van der Waals surface area contributed by atoms with Gasteiger partial charge < -0.3 is 9.88 Å². The highest BCUT2D eigenvalue weighted by molar-refractivity contribution is 6.08. The maximum absolute atomic E-state index is 15.0. The highest BCUT2D eigenvalue weighted by atomic mass is 19.1. The summed E-state index contributed by atoms with van der Waals surface area (Å²) in [5.74, 6) is -1.13. The summed E-state index contributed by atoms with van der Waals surface area (Å²) in [6.45, 7) is 6.14. The van der Waals surface area contributed by atoms with Gasteiger partial charge >= 0.3 is 0 Å². The Hall–Kier alpha value is -3.06. The monoisotopic (exact) mass is 493 g/mol. The van der Waals surface area contributed by atoms with Crippen molar-refractivity contribution >= 4 is 16.7 Å². The summed E-state index contributed by atoms with van der Waals surface area (Å²) >= 11 is 0. The molecule has 2 heterocycles. The van der Waals surface area contributed by atoms with Gasteiger partial charge in [-0.3, -0.25) is 14.5 Å². The van der Waals surface area contributed by atoms with Gasteiger partial charge in [0.1, 0.15) is 11.6 Å². The molecule has 1 aliphatic carbocycles. The van der Waals surface area contributed by atoms with Gasteiger partial charge in [-0.1, -0.05) is 37.6 Å². The van der Waals surface area contributed by atoms with E-state index < -0.39 is 11.4 Å². The lowest BCUT2D eigenvalue weighted by molar-refractivity contribution is 0.0900. The van der Waals surface area contributed by atoms with Crippen LogP contribution in [0.4, 0.5) is 8.78 Å². The standard InChI is InChI=1S/C29H33F2N3O2/c1-3-33-15-7-12-22(33)17-34-18(2)25(23-13-6-14-24(31)26(23)29(34)36)28(35)32-27(19-8-4-9-19)20-10-5-11-21(30)16-20/h5-6,10-11,13-14,16,19,22,27H,3-4,7-9,12,15,17H2,1-2H3,(H,32,35). The number of amides is 1. The number of carbonyl (C=O) groups excluding carboxylic acids is 1. The molecule has 1 saturated heterocycles. The van der Waals surface area contributed by atoms with E-state index in [9.17, 15) is 14.0 Å². The number of aromatic nitrogens is 1. The van der Waals surface area contributed by atoms with Crippen LogP contribution in [0.3, 0.4) is 0 Å². The number of rotatable bonds is 7. The van der Waals surface area contributed by atoms with Crippen molar-refractivity contribution in [2.45, 2.75) is 64.6 Å². The van der Waals surface area contributed by atoms with E-state index in [1.807, 2.05) is 6.07 Å². The summed E-state index contributed by atoms with van der Waals surface area (Å²) in [7, 11) is 0. The highest BCUT2D eigenvalue weighted by Gasteiger charge is 2.32. The van der Waals surface area contributed by atoms with Gasteiger partial charge in [0.05, 0.1) is 17.0 Å². The number of hydrogen-bond donors (Lipinski definition) is 1. The molecule has 2 atom stereocenters. The van der Waals surface area contributed by atoms with Crippen LogP contribution in [0.2, 0.25) is 0 Å². The average molecular weight is 494 g/mol. The van der Waals surface area contributed by atoms with E-state index in [0.717, 1.165) is 50.8 Å². The Morgan fingerprint density at radius 1 is 1.11 bits per heavy atom. The minimum atomic E-state index is -0.625. The number of likely N-dealkylation sites (N-methyl/N-ethyl adjacent to an activating group) is 1. The average Bonchev–Trinajstić information content (AvgIpc) is 3.27. The van der Waals surface area contributed by atoms with E-state index >= 15 is 4.39 Å². The number of halogens is 2. The molecule has 1 saturated carbocycles. The molecule has 3 aromatic rings. The van der Waals surface area contributed by atoms with E-state index in [4.69, 9.17) is 0 Å². The van der Waals surface area contributed by atoms with Gasteiger partial charge in [0, 0.05) is 23.7 Å². The summed E-state index contributed by atoms with van der Waals surface area (Å²) in [4.78, 5) is 29.7. The number of likely N-dealkylation sites (tertiary alicyclic amines) is 1. The molecule has 2 fully saturated rings. The van der Waals surface area contributed by atoms with Gasteiger partial charge in [-0.2, -0.15) is 0 Å². The Bertz CT molecular complexity index is 1350. The van der Waals surface area contributed by atoms with Crippen LogP contribution in [-0.4, -0.2) is 34.5 Å². The molecule has 1 aliphatic heterocycles. The number of hydrogen-bond acceptors (Lipinski definition) is 3. The fourth-order valence-corrected chi connectivity index (χ4v) is 5.96. The maximum Gasteiger partial charge on any atom is 0.261 e. The van der Waals surface area contributed by atoms with Crippen molar-refractivity contribution in [3.05, 3.63) is 81.3 Å². The van der Waals surface area contributed by atoms with Gasteiger partial charge in [-0.25, -0.2) is 8.78 Å². The minimum absolute atomic E-state index is 0.0553. The third-order valence-corrected chi connectivity index (χ3v) is 8.15. The second-order valence-corrected chi connectivity index (χ2v) is 10.2. The number of pyridine rings is 1. The Labute approximate surface area is 210 Å². The zero-order valence-electron chi connectivity index (χ0n) is 20.9. The van der Waals surface area contributed by atoms with E-state index in [2.05, 4.69) is 17.1 Å². The molecule has 7 heteroatoms. The van der Waals surface area contributed by atoms with E-state index in [0.29, 0.717) is 23.2 Å². The fraction of sp³-hybridized carbons (Fsp3) is 0.448. The van der Waals surface area contributed by atoms with E-state index in [1.165, 1.54) is 24.3 Å². The quantitative estimate of drug-likeness (QED) is 0.483. The van der Waals surface area contributed by atoms with Gasteiger partial charge in [0.15, 0.2) is 0 Å². The van der Waals surface area contributed by atoms with Gasteiger partial charge in [-0.15, -0.1) is 0 Å². The summed E-state index contributed by atoms with van der Waals surface area (Å²) in [6.07, 6.45) is 4.98. The maximum atomic E-state index is 15.0. The van der Waals surface area contributed by atoms with E-state index in [-0.39, 0.29) is 35.1 Å². The molecule has 0 radical (unpaired) electrons. The number of benzene rings is 2. The number of carbonyl (C=O) groups is 1. The molecule has 2 aromatic carbocycles. The molecule has 36 heavy (non-hydrogen) atoms. The summed E-state index contributed by atoms with van der Waals surface area (Å²) in [5.41, 5.74) is 1.16. The number of fused-ring (bicyclic) bond motifs is 1. The second kappa shape index (κ2) is 10.1. The predicted octanol–water partition coefficient (Wildman–Crippen LogP) is 5.34. The van der Waals surface area contributed by atoms with Crippen molar-refractivity contribution < 1.29 is 13.6 Å². The van der Waals surface area contributed by atoms with Crippen molar-refractivity contribution in [2.75, 3.05) is 13.1 Å². The van der Waals surface area contributed by atoms with Crippen molar-refractivity contribution in [1.29, 1.82) is 0 Å². The molecular formula is C29H33F2N3O2. The molecule has 1 amide bonds. The van der Waals surface area contributed by atoms with Crippen LogP contribution in [0, 0.1) is 24.5 Å². The first-order valence-electron chi connectivity index (χ1n) is 13.0. The summed E-state index contributed by atoms with van der Waals surface area (Å²) in [5, 5.41) is 3.40. The smallest absolute Gasteiger partial charge is 0.261 e. The van der Waals surface area contributed by atoms with Crippen LogP contribution < -0.4 is 10.9 Å². The lowest BCUT2D eigenvalue weighted by Crippen LogP contribution is -2.40. The van der Waals surface area contributed by atoms with Gasteiger partial charge in [0.2, 0.25) is 0 Å². The zero-order chi connectivity index (χ0) is 25.4. The zero-order valence-corrected chi connectivity index (χ0v) is 20.9. The third-order valence-electron chi connectivity index (χ3n) is 8.15. The Balaban J connectivity index is 1.59. The van der Waals surface area contributed by atoms with Crippen LogP contribution in [0.1, 0.15) is 66.7 Å². The first-order valence-corrected chi connectivity index (χ1v) is 13.0. The Morgan fingerprint density at radius 3 is 2.58 bits per heavy atom. The molecule has 1 N–H and O–H groups in total. The summed E-state index contributed by atoms with van der Waals surface area (Å²) in [6, 6.07) is 10.6. The predicted molar refractivity (Wildman–Crippen MR) is 137 cm³/mol. The summed E-state index contributed by atoms with van der Waals surface area (Å²) < 4.78 is 30.7. The molecule has 2 aliphatic rings. The van der Waals surface area contributed by atoms with Crippen LogP contribution in [0.15, 0.2) is 47.3 Å². The molecule has 5 nitrogen and oxygen atoms in total. The van der Waals surface area contributed by atoms with Crippen LogP contribution >= 0.6 is 0 Å². The normalized spacial score (nSPS) is 19.4. The number of nitrogens with one attached hydrogen (secondary N) is 1. The van der Waals surface area contributed by atoms with Gasteiger partial charge in [-0.05, 0) is 75.4 Å². The molecular weight excluding hydrogens is 460 g/mol.